The molecule has 0 fully saturated rings. The molecule has 0 unspecified atom stereocenters. The van der Waals surface area contributed by atoms with Crippen molar-refractivity contribution in [3.63, 3.8) is 0 Å². The van der Waals surface area contributed by atoms with Crippen molar-refractivity contribution in [1.82, 2.24) is 4.98 Å². The maximum absolute atomic E-state index is 14.8. The number of aromatic nitrogens is 1. The molecule has 36 heavy (non-hydrogen) atoms. The second kappa shape index (κ2) is 11.1. The summed E-state index contributed by atoms with van der Waals surface area (Å²) in [6.45, 7) is 11.2. The Balaban J connectivity index is 2.24. The first-order chi connectivity index (χ1) is 17.2. The van der Waals surface area contributed by atoms with Crippen LogP contribution < -0.4 is 4.99 Å². The van der Waals surface area contributed by atoms with Gasteiger partial charge >= 0.3 is 19.0 Å². The van der Waals surface area contributed by atoms with Crippen LogP contribution >= 0.6 is 0 Å². The van der Waals surface area contributed by atoms with Crippen LogP contribution in [0.4, 0.5) is 8.63 Å². The zero-order valence-electron chi connectivity index (χ0n) is 21.6. The molecule has 11 heteroatoms. The third-order valence-corrected chi connectivity index (χ3v) is 6.09. The van der Waals surface area contributed by atoms with Crippen LogP contribution in [-0.4, -0.2) is 43.0 Å². The first kappa shape index (κ1) is 27.2. The standard InChI is InChI=1S/C25H32BF2N2O6/c1-7-14-16(9-3)22(24(31)33-11-5)29-20(14)18-13-19(36-26(27,28)35-18)21-15(8-2)17(10-4)23(30-21)25(32)34-12-6/h13,29H,7-12H2,1-6H3/q-1/p+1/b21-19-. The Morgan fingerprint density at radius 3 is 2.06 bits per heavy atom. The Hall–Kier alpha value is -3.37. The van der Waals surface area contributed by atoms with Gasteiger partial charge in [-0.2, -0.15) is 4.99 Å². The zero-order valence-corrected chi connectivity index (χ0v) is 21.6. The molecule has 3 rings (SSSR count). The molecule has 2 aliphatic rings. The molecule has 3 heterocycles. The number of rotatable bonds is 9. The number of carbonyl (C=O) groups excluding carboxylic acids is 2. The van der Waals surface area contributed by atoms with Gasteiger partial charge < -0.3 is 32.4 Å². The monoisotopic (exact) mass is 506 g/mol. The predicted molar refractivity (Wildman–Crippen MR) is 131 cm³/mol. The second-order valence-corrected chi connectivity index (χ2v) is 8.16. The number of halogens is 2. The average Bonchev–Trinajstić information content (AvgIpc) is 3.41. The highest BCUT2D eigenvalue weighted by Crippen LogP contribution is 2.37. The number of esters is 2. The molecule has 2 N–H and O–H groups in total. The van der Waals surface area contributed by atoms with E-state index in [2.05, 4.69) is 9.98 Å². The molecule has 0 atom stereocenters. The van der Waals surface area contributed by atoms with E-state index in [-0.39, 0.29) is 47.5 Å². The minimum absolute atomic E-state index is 0.157. The molecule has 0 aromatic carbocycles. The predicted octanol–water partition coefficient (Wildman–Crippen LogP) is 3.51. The van der Waals surface area contributed by atoms with E-state index in [0.717, 1.165) is 0 Å². The van der Waals surface area contributed by atoms with Crippen molar-refractivity contribution < 1.29 is 42.0 Å². The van der Waals surface area contributed by atoms with Crippen LogP contribution in [0.2, 0.25) is 0 Å². The quantitative estimate of drug-likeness (QED) is 0.393. The largest absolute Gasteiger partial charge is 0.726 e. The van der Waals surface area contributed by atoms with Gasteiger partial charge in [-0.05, 0) is 50.7 Å². The number of nitrogens with one attached hydrogen (secondary N) is 2. The molecule has 0 saturated heterocycles. The number of hydrogen-bond donors (Lipinski definition) is 2. The minimum Gasteiger partial charge on any atom is -0.626 e. The lowest BCUT2D eigenvalue weighted by molar-refractivity contribution is -0.391. The molecule has 0 spiro atoms. The average molecular weight is 506 g/mol. The number of H-pyrrole nitrogens is 1. The van der Waals surface area contributed by atoms with Gasteiger partial charge in [0.2, 0.25) is 5.70 Å². The Bertz CT molecular complexity index is 1180. The summed E-state index contributed by atoms with van der Waals surface area (Å²) in [4.78, 5) is 31.0. The van der Waals surface area contributed by atoms with Gasteiger partial charge in [-0.25, -0.2) is 9.59 Å². The van der Waals surface area contributed by atoms with Crippen LogP contribution in [0.25, 0.3) is 5.76 Å². The van der Waals surface area contributed by atoms with Crippen molar-refractivity contribution in [2.24, 2.45) is 0 Å². The fourth-order valence-corrected chi connectivity index (χ4v) is 4.66. The lowest BCUT2D eigenvalue weighted by Gasteiger charge is -2.34. The lowest BCUT2D eigenvalue weighted by Crippen LogP contribution is -2.71. The van der Waals surface area contributed by atoms with Gasteiger partial charge in [0.15, 0.2) is 5.76 Å². The van der Waals surface area contributed by atoms with Crippen LogP contribution in [0.5, 0.6) is 0 Å². The number of hydrogen-bond acceptors (Lipinski definition) is 6. The number of aromatic amines is 1. The number of allylic oxidation sites excluding steroid dienone is 2. The van der Waals surface area contributed by atoms with Gasteiger partial charge in [-0.15, -0.1) is 0 Å². The molecule has 2 aliphatic heterocycles. The van der Waals surface area contributed by atoms with Crippen molar-refractivity contribution in [1.29, 1.82) is 0 Å². The molecular weight excluding hydrogens is 473 g/mol. The summed E-state index contributed by atoms with van der Waals surface area (Å²) < 4.78 is 49.9. The Kier molecular flexibility index (Phi) is 8.42. The van der Waals surface area contributed by atoms with Crippen molar-refractivity contribution in [2.75, 3.05) is 13.2 Å². The third-order valence-electron chi connectivity index (χ3n) is 6.09. The highest BCUT2D eigenvalue weighted by atomic mass is 19.3. The fourth-order valence-electron chi connectivity index (χ4n) is 4.66. The maximum Gasteiger partial charge on any atom is 0.726 e. The first-order valence-corrected chi connectivity index (χ1v) is 12.4. The van der Waals surface area contributed by atoms with Gasteiger partial charge in [0.05, 0.1) is 18.9 Å². The van der Waals surface area contributed by atoms with Crippen LogP contribution in [0, 0.1) is 0 Å². The minimum atomic E-state index is -4.74. The Morgan fingerprint density at radius 2 is 1.50 bits per heavy atom. The van der Waals surface area contributed by atoms with Gasteiger partial charge in [0, 0.05) is 17.2 Å². The topological polar surface area (TPSA) is 101 Å². The molecular formula is C25H33BF2N2O6. The van der Waals surface area contributed by atoms with Gasteiger partial charge in [0.1, 0.15) is 11.5 Å². The van der Waals surface area contributed by atoms with Crippen molar-refractivity contribution in [2.45, 2.75) is 67.2 Å². The summed E-state index contributed by atoms with van der Waals surface area (Å²) in [6.07, 6.45) is 3.29. The summed E-state index contributed by atoms with van der Waals surface area (Å²) in [5.41, 5.74) is 3.71. The molecule has 0 aliphatic carbocycles. The van der Waals surface area contributed by atoms with Gasteiger partial charge in [0.25, 0.3) is 5.71 Å². The fraction of sp³-hybridized carbons (Fsp3) is 0.480. The van der Waals surface area contributed by atoms with E-state index < -0.39 is 19.0 Å². The normalized spacial score (nSPS) is 18.9. The van der Waals surface area contributed by atoms with E-state index in [4.69, 9.17) is 18.8 Å². The van der Waals surface area contributed by atoms with E-state index >= 15 is 0 Å². The van der Waals surface area contributed by atoms with Crippen LogP contribution in [-0.2, 0) is 36.4 Å². The molecule has 196 valence electrons. The van der Waals surface area contributed by atoms with Crippen molar-refractivity contribution in [3.8, 4) is 0 Å². The van der Waals surface area contributed by atoms with Crippen molar-refractivity contribution >= 4 is 30.5 Å². The van der Waals surface area contributed by atoms with E-state index in [9.17, 15) is 18.2 Å². The molecule has 0 radical (unpaired) electrons. The second-order valence-electron chi connectivity index (χ2n) is 8.16. The molecule has 8 nitrogen and oxygen atoms in total. The third kappa shape index (κ3) is 5.10. The Morgan fingerprint density at radius 1 is 0.889 bits per heavy atom. The summed E-state index contributed by atoms with van der Waals surface area (Å²) in [5.74, 6) is -1.44. The maximum atomic E-state index is 14.8. The van der Waals surface area contributed by atoms with E-state index in [1.807, 2.05) is 27.7 Å². The van der Waals surface area contributed by atoms with Crippen molar-refractivity contribution in [3.05, 3.63) is 51.2 Å². The molecule has 1 aromatic rings. The van der Waals surface area contributed by atoms with Gasteiger partial charge in [-0.3, -0.25) is 0 Å². The Labute approximate surface area is 209 Å². The zero-order chi connectivity index (χ0) is 26.6. The van der Waals surface area contributed by atoms with Crippen LogP contribution in [0.15, 0.2) is 28.7 Å². The summed E-state index contributed by atoms with van der Waals surface area (Å²) >= 11 is 0. The highest BCUT2D eigenvalue weighted by molar-refractivity contribution is 6.53. The first-order valence-electron chi connectivity index (χ1n) is 12.4. The molecule has 0 amide bonds. The summed E-state index contributed by atoms with van der Waals surface area (Å²) in [5, 5.41) is 0. The molecule has 0 saturated carbocycles. The highest BCUT2D eigenvalue weighted by Gasteiger charge is 2.43. The number of ether oxygens (including phenoxy) is 2. The lowest BCUT2D eigenvalue weighted by atomic mass is 9.98. The molecule has 0 bridgehead atoms. The smallest absolute Gasteiger partial charge is 0.626 e. The molecule has 1 aromatic heterocycles. The van der Waals surface area contributed by atoms with Crippen LogP contribution in [0.3, 0.4) is 0 Å². The van der Waals surface area contributed by atoms with E-state index in [1.54, 1.807) is 13.8 Å². The van der Waals surface area contributed by atoms with Crippen LogP contribution in [0.1, 0.15) is 81.7 Å². The summed E-state index contributed by atoms with van der Waals surface area (Å²) in [7, 11) is -4.74. The summed E-state index contributed by atoms with van der Waals surface area (Å²) in [6, 6.07) is 0. The SMILES string of the molecule is CCOC(=O)C1=[NH+]/C(=C2/C=C(c3[nH]c(C(=O)OCC)c(CC)c3CC)O[B-](F)(F)O2)C(CC)=C1CC. The van der Waals surface area contributed by atoms with E-state index in [1.165, 1.54) is 6.08 Å². The van der Waals surface area contributed by atoms with E-state index in [0.29, 0.717) is 48.0 Å². The van der Waals surface area contributed by atoms with Gasteiger partial charge in [-0.1, -0.05) is 27.7 Å². The number of carbonyl (C=O) groups is 2.